The third-order valence-electron chi connectivity index (χ3n) is 7.44. The summed E-state index contributed by atoms with van der Waals surface area (Å²) in [4.78, 5) is 28.3. The maximum Gasteiger partial charge on any atom is 0.573 e. The van der Waals surface area contributed by atoms with E-state index < -0.39 is 12.5 Å². The first-order valence-electron chi connectivity index (χ1n) is 13.0. The first-order chi connectivity index (χ1) is 18.5. The van der Waals surface area contributed by atoms with Crippen molar-refractivity contribution in [2.24, 2.45) is 11.8 Å². The normalized spacial score (nSPS) is 19.1. The molecule has 2 N–H and O–H groups in total. The fraction of sp³-hybridized carbons (Fsp3) is 0.464. The zero-order chi connectivity index (χ0) is 28.2. The van der Waals surface area contributed by atoms with Crippen LogP contribution in [0.5, 0.6) is 5.75 Å². The molecule has 210 valence electrons. The molecular formula is C28H32F3N3O5. The van der Waals surface area contributed by atoms with E-state index in [4.69, 9.17) is 15.0 Å². The van der Waals surface area contributed by atoms with E-state index in [1.807, 2.05) is 21.6 Å². The molecule has 39 heavy (non-hydrogen) atoms. The summed E-state index contributed by atoms with van der Waals surface area (Å²) in [5, 5.41) is 15.0. The molecule has 0 spiro atoms. The molecule has 2 aliphatic rings. The van der Waals surface area contributed by atoms with E-state index in [0.717, 1.165) is 41.9 Å². The first kappa shape index (κ1) is 28.3. The molecule has 11 heteroatoms. The van der Waals surface area contributed by atoms with Crippen LogP contribution in [0, 0.1) is 11.8 Å². The summed E-state index contributed by atoms with van der Waals surface area (Å²) in [6, 6.07) is 9.96. The van der Waals surface area contributed by atoms with Crippen LogP contribution in [0.4, 0.5) is 18.0 Å². The average Bonchev–Trinajstić information content (AvgIpc) is 3.17. The Morgan fingerprint density at radius 2 is 1.82 bits per heavy atom. The van der Waals surface area contributed by atoms with Gasteiger partial charge in [-0.1, -0.05) is 31.9 Å². The number of halogens is 3. The van der Waals surface area contributed by atoms with E-state index >= 15 is 0 Å². The zero-order valence-electron chi connectivity index (χ0n) is 21.7. The van der Waals surface area contributed by atoms with Crippen molar-refractivity contribution in [1.29, 1.82) is 0 Å². The number of fused-ring (bicyclic) bond motifs is 3. The highest BCUT2D eigenvalue weighted by atomic mass is 19.4. The lowest BCUT2D eigenvalue weighted by molar-refractivity contribution is -0.274. The number of hydrogen-bond donors (Lipinski definition) is 2. The Labute approximate surface area is 224 Å². The Hall–Kier alpha value is -3.76. The van der Waals surface area contributed by atoms with Gasteiger partial charge >= 0.3 is 12.5 Å². The maximum absolute atomic E-state index is 13.2. The van der Waals surface area contributed by atoms with Crippen LogP contribution in [0.1, 0.15) is 55.8 Å². The summed E-state index contributed by atoms with van der Waals surface area (Å²) in [7, 11) is 0. The Morgan fingerprint density at radius 3 is 2.51 bits per heavy atom. The predicted octanol–water partition coefficient (Wildman–Crippen LogP) is 6.31. The largest absolute Gasteiger partial charge is 0.573 e. The van der Waals surface area contributed by atoms with Gasteiger partial charge in [0.15, 0.2) is 0 Å². The molecule has 1 amide bonds. The number of hydrogen-bond acceptors (Lipinski definition) is 4. The lowest BCUT2D eigenvalue weighted by atomic mass is 9.81. The second kappa shape index (κ2) is 12.0. The molecule has 0 bridgehead atoms. The van der Waals surface area contributed by atoms with Crippen molar-refractivity contribution in [3.05, 3.63) is 59.4 Å². The quantitative estimate of drug-likeness (QED) is 0.388. The Balaban J connectivity index is 0.000000826. The summed E-state index contributed by atoms with van der Waals surface area (Å²) in [6.45, 7) is 3.80. The molecule has 3 aromatic rings. The van der Waals surface area contributed by atoms with Crippen molar-refractivity contribution in [2.45, 2.75) is 64.9 Å². The third kappa shape index (κ3) is 7.42. The van der Waals surface area contributed by atoms with Crippen LogP contribution in [0.15, 0.2) is 42.6 Å². The van der Waals surface area contributed by atoms with Crippen LogP contribution in [0.2, 0.25) is 0 Å². The molecule has 1 aliphatic carbocycles. The molecule has 3 heterocycles. The Bertz CT molecular complexity index is 1310. The van der Waals surface area contributed by atoms with Crippen molar-refractivity contribution in [1.82, 2.24) is 14.5 Å². The van der Waals surface area contributed by atoms with Crippen LogP contribution in [-0.2, 0) is 24.3 Å². The topological polar surface area (TPSA) is 105 Å². The molecule has 0 atom stereocenters. The number of pyridine rings is 1. The lowest BCUT2D eigenvalue weighted by Crippen LogP contribution is -2.37. The number of carbonyl (C=O) groups is 2. The minimum absolute atomic E-state index is 0.195. The van der Waals surface area contributed by atoms with Crippen LogP contribution < -0.4 is 4.74 Å². The van der Waals surface area contributed by atoms with Crippen molar-refractivity contribution in [3.8, 4) is 5.75 Å². The van der Waals surface area contributed by atoms with E-state index in [1.54, 1.807) is 18.3 Å². The van der Waals surface area contributed by atoms with Gasteiger partial charge < -0.3 is 24.4 Å². The van der Waals surface area contributed by atoms with E-state index in [-0.39, 0.29) is 11.7 Å². The van der Waals surface area contributed by atoms with E-state index in [2.05, 4.69) is 16.6 Å². The number of carbonyl (C=O) groups excluding carboxylic acids is 1. The van der Waals surface area contributed by atoms with Gasteiger partial charge in [-0.15, -0.1) is 13.2 Å². The molecule has 2 aromatic heterocycles. The average molecular weight is 548 g/mol. The first-order valence-corrected chi connectivity index (χ1v) is 13.0. The highest BCUT2D eigenvalue weighted by Gasteiger charge is 2.32. The van der Waals surface area contributed by atoms with E-state index in [0.29, 0.717) is 37.5 Å². The molecular weight excluding hydrogens is 515 g/mol. The predicted molar refractivity (Wildman–Crippen MR) is 137 cm³/mol. The van der Waals surface area contributed by atoms with Gasteiger partial charge in [0.2, 0.25) is 5.91 Å². The molecule has 1 aromatic carbocycles. The molecule has 0 saturated heterocycles. The fourth-order valence-corrected chi connectivity index (χ4v) is 5.58. The summed E-state index contributed by atoms with van der Waals surface area (Å²) in [6.07, 6.45) is 1.11. The van der Waals surface area contributed by atoms with Gasteiger partial charge in [0, 0.05) is 36.8 Å². The van der Waals surface area contributed by atoms with Crippen molar-refractivity contribution in [2.75, 3.05) is 6.54 Å². The molecule has 1 aliphatic heterocycles. The van der Waals surface area contributed by atoms with E-state index in [9.17, 15) is 18.0 Å². The van der Waals surface area contributed by atoms with Gasteiger partial charge in [-0.2, -0.15) is 0 Å². The zero-order valence-corrected chi connectivity index (χ0v) is 21.7. The number of nitrogens with zero attached hydrogens (tertiary/aromatic N) is 3. The second-order valence-corrected chi connectivity index (χ2v) is 10.3. The summed E-state index contributed by atoms with van der Waals surface area (Å²) >= 11 is 0. The number of rotatable bonds is 5. The summed E-state index contributed by atoms with van der Waals surface area (Å²) < 4.78 is 44.3. The minimum atomic E-state index is -4.74. The van der Waals surface area contributed by atoms with Gasteiger partial charge in [-0.05, 0) is 66.5 Å². The minimum Gasteiger partial charge on any atom is -0.450 e. The summed E-state index contributed by atoms with van der Waals surface area (Å²) in [5.41, 5.74) is 3.65. The Kier molecular flexibility index (Phi) is 8.66. The monoisotopic (exact) mass is 547 g/mol. The molecule has 0 radical (unpaired) electrons. The molecule has 5 rings (SSSR count). The van der Waals surface area contributed by atoms with Crippen LogP contribution in [0.3, 0.4) is 0 Å². The van der Waals surface area contributed by atoms with Crippen molar-refractivity contribution >= 4 is 23.1 Å². The SMILES string of the molecule is CC1CCC(CC(=O)N2CCc3c(n(Cc4cccc(OC(F)(F)F)c4)c4ncccc34)C2)CC1.O=C(O)O. The number of alkyl halides is 3. The van der Waals surface area contributed by atoms with Crippen molar-refractivity contribution < 1.29 is 37.7 Å². The number of ether oxygens (including phenoxy) is 1. The maximum atomic E-state index is 13.2. The third-order valence-corrected chi connectivity index (χ3v) is 7.44. The van der Waals surface area contributed by atoms with Crippen LogP contribution in [0.25, 0.3) is 11.0 Å². The van der Waals surface area contributed by atoms with Gasteiger partial charge in [0.25, 0.3) is 0 Å². The number of benzene rings is 1. The van der Waals surface area contributed by atoms with Gasteiger partial charge in [0.05, 0.1) is 6.54 Å². The molecule has 1 saturated carbocycles. The van der Waals surface area contributed by atoms with Crippen LogP contribution in [-0.4, -0.2) is 49.6 Å². The number of amides is 1. The van der Waals surface area contributed by atoms with Crippen LogP contribution >= 0.6 is 0 Å². The molecule has 0 unspecified atom stereocenters. The number of aromatic nitrogens is 2. The highest BCUT2D eigenvalue weighted by molar-refractivity contribution is 5.84. The standard InChI is InChI=1S/C27H30F3N3O2.CH2O3/c1-18-7-9-19(10-8-18)15-25(34)32-13-11-22-23-6-3-12-31-26(23)33(24(22)17-32)16-20-4-2-5-21(14-20)35-27(28,29)30;2-1(3)4/h2-6,12,14,18-19H,7-11,13,15-17H2,1H3;(H2,2,3,4). The molecule has 1 fully saturated rings. The second-order valence-electron chi connectivity index (χ2n) is 10.3. The van der Waals surface area contributed by atoms with Gasteiger partial charge in [-0.25, -0.2) is 9.78 Å². The fourth-order valence-electron chi connectivity index (χ4n) is 5.58. The van der Waals surface area contributed by atoms with Crippen molar-refractivity contribution in [3.63, 3.8) is 0 Å². The number of carboxylic acid groups (broad SMARTS) is 2. The lowest BCUT2D eigenvalue weighted by Gasteiger charge is -2.31. The van der Waals surface area contributed by atoms with Gasteiger partial charge in [0.1, 0.15) is 11.4 Å². The summed E-state index contributed by atoms with van der Waals surface area (Å²) in [5.74, 6) is 1.17. The Morgan fingerprint density at radius 1 is 1.10 bits per heavy atom. The van der Waals surface area contributed by atoms with Gasteiger partial charge in [-0.3, -0.25) is 4.79 Å². The van der Waals surface area contributed by atoms with E-state index in [1.165, 1.54) is 30.5 Å². The highest BCUT2D eigenvalue weighted by Crippen LogP contribution is 2.34. The molecule has 8 nitrogen and oxygen atoms in total. The smallest absolute Gasteiger partial charge is 0.450 e.